The van der Waals surface area contributed by atoms with Crippen molar-refractivity contribution in [2.45, 2.75) is 52.0 Å². The fourth-order valence-corrected chi connectivity index (χ4v) is 3.24. The summed E-state index contributed by atoms with van der Waals surface area (Å²) in [5, 5.41) is 3.76. The molecule has 1 heteroatoms. The number of hydrogen-bond acceptors (Lipinski definition) is 1. The molecule has 1 aliphatic rings. The molecule has 2 rings (SSSR count). The Morgan fingerprint density at radius 3 is 2.67 bits per heavy atom. The van der Waals surface area contributed by atoms with Crippen molar-refractivity contribution in [3.05, 3.63) is 35.9 Å². The lowest BCUT2D eigenvalue weighted by atomic mass is 9.76. The van der Waals surface area contributed by atoms with E-state index < -0.39 is 0 Å². The summed E-state index contributed by atoms with van der Waals surface area (Å²) in [6.07, 6.45) is 6.62. The van der Waals surface area contributed by atoms with Crippen LogP contribution in [0.15, 0.2) is 30.3 Å². The van der Waals surface area contributed by atoms with Gasteiger partial charge in [-0.25, -0.2) is 0 Å². The zero-order valence-corrected chi connectivity index (χ0v) is 11.9. The first-order valence-electron chi connectivity index (χ1n) is 7.57. The highest BCUT2D eigenvalue weighted by Crippen LogP contribution is 2.31. The van der Waals surface area contributed by atoms with Gasteiger partial charge in [0.1, 0.15) is 0 Å². The standard InChI is InChI=1S/C17H27N/c1-3-11-18-17-10-9-14(2)12-16(17)13-15-7-5-4-6-8-15/h4-8,14,16-18H,3,9-13H2,1-2H3. The molecule has 0 spiro atoms. The maximum Gasteiger partial charge on any atom is 0.00986 e. The van der Waals surface area contributed by atoms with E-state index in [1.54, 1.807) is 0 Å². The van der Waals surface area contributed by atoms with E-state index in [-0.39, 0.29) is 0 Å². The van der Waals surface area contributed by atoms with Crippen LogP contribution in [-0.2, 0) is 6.42 Å². The molecular formula is C17H27N. The maximum atomic E-state index is 3.76. The van der Waals surface area contributed by atoms with Gasteiger partial charge in [-0.05, 0) is 56.0 Å². The fraction of sp³-hybridized carbons (Fsp3) is 0.647. The molecule has 1 aromatic rings. The molecule has 0 saturated heterocycles. The van der Waals surface area contributed by atoms with E-state index >= 15 is 0 Å². The molecule has 0 heterocycles. The van der Waals surface area contributed by atoms with Crippen LogP contribution in [-0.4, -0.2) is 12.6 Å². The van der Waals surface area contributed by atoms with Gasteiger partial charge in [0, 0.05) is 6.04 Å². The summed E-state index contributed by atoms with van der Waals surface area (Å²) in [7, 11) is 0. The van der Waals surface area contributed by atoms with Crippen LogP contribution in [0.1, 0.15) is 45.1 Å². The highest BCUT2D eigenvalue weighted by molar-refractivity contribution is 5.15. The van der Waals surface area contributed by atoms with Gasteiger partial charge in [-0.15, -0.1) is 0 Å². The molecule has 3 unspecified atom stereocenters. The Morgan fingerprint density at radius 2 is 1.94 bits per heavy atom. The Morgan fingerprint density at radius 1 is 1.17 bits per heavy atom. The van der Waals surface area contributed by atoms with E-state index in [9.17, 15) is 0 Å². The Bertz CT molecular complexity index is 331. The molecule has 3 atom stereocenters. The predicted octanol–water partition coefficient (Wildman–Crippen LogP) is 4.03. The zero-order chi connectivity index (χ0) is 12.8. The summed E-state index contributed by atoms with van der Waals surface area (Å²) in [5.74, 6) is 1.72. The van der Waals surface area contributed by atoms with Gasteiger partial charge >= 0.3 is 0 Å². The molecule has 1 aliphatic carbocycles. The second-order valence-corrected chi connectivity index (χ2v) is 5.93. The van der Waals surface area contributed by atoms with Gasteiger partial charge < -0.3 is 5.32 Å². The van der Waals surface area contributed by atoms with Crippen LogP contribution in [0, 0.1) is 11.8 Å². The Balaban J connectivity index is 1.96. The smallest absolute Gasteiger partial charge is 0.00986 e. The highest BCUT2D eigenvalue weighted by Gasteiger charge is 2.27. The Labute approximate surface area is 112 Å². The van der Waals surface area contributed by atoms with E-state index in [0.29, 0.717) is 0 Å². The normalized spacial score (nSPS) is 28.2. The molecule has 0 aromatic heterocycles. The molecule has 1 saturated carbocycles. The van der Waals surface area contributed by atoms with Crippen molar-refractivity contribution in [3.63, 3.8) is 0 Å². The summed E-state index contributed by atoms with van der Waals surface area (Å²) in [5.41, 5.74) is 1.50. The minimum atomic E-state index is 0.737. The number of nitrogens with one attached hydrogen (secondary N) is 1. The summed E-state index contributed by atoms with van der Waals surface area (Å²) in [6.45, 7) is 5.84. The fourth-order valence-electron chi connectivity index (χ4n) is 3.24. The minimum absolute atomic E-state index is 0.737. The molecule has 18 heavy (non-hydrogen) atoms. The molecule has 1 aromatic carbocycles. The van der Waals surface area contributed by atoms with Gasteiger partial charge in [-0.3, -0.25) is 0 Å². The first-order chi connectivity index (χ1) is 8.79. The lowest BCUT2D eigenvalue weighted by molar-refractivity contribution is 0.212. The van der Waals surface area contributed by atoms with Gasteiger partial charge in [-0.1, -0.05) is 44.2 Å². The molecule has 1 nitrogen and oxygen atoms in total. The average Bonchev–Trinajstić information content (AvgIpc) is 2.39. The molecule has 0 amide bonds. The third-order valence-electron chi connectivity index (χ3n) is 4.24. The summed E-state index contributed by atoms with van der Waals surface area (Å²) in [4.78, 5) is 0. The first kappa shape index (κ1) is 13.6. The van der Waals surface area contributed by atoms with Gasteiger partial charge in [0.05, 0.1) is 0 Å². The van der Waals surface area contributed by atoms with Crippen molar-refractivity contribution in [1.29, 1.82) is 0 Å². The molecule has 0 radical (unpaired) electrons. The largest absolute Gasteiger partial charge is 0.314 e. The number of rotatable bonds is 5. The maximum absolute atomic E-state index is 3.76. The molecule has 1 N–H and O–H groups in total. The van der Waals surface area contributed by atoms with E-state index in [2.05, 4.69) is 49.5 Å². The molecular weight excluding hydrogens is 218 g/mol. The average molecular weight is 245 g/mol. The van der Waals surface area contributed by atoms with Crippen LogP contribution in [0.5, 0.6) is 0 Å². The molecule has 0 bridgehead atoms. The molecule has 100 valence electrons. The first-order valence-corrected chi connectivity index (χ1v) is 7.57. The Hall–Kier alpha value is -0.820. The van der Waals surface area contributed by atoms with Crippen molar-refractivity contribution in [2.24, 2.45) is 11.8 Å². The second-order valence-electron chi connectivity index (χ2n) is 5.93. The third-order valence-corrected chi connectivity index (χ3v) is 4.24. The zero-order valence-electron chi connectivity index (χ0n) is 11.9. The summed E-state index contributed by atoms with van der Waals surface area (Å²) >= 11 is 0. The lowest BCUT2D eigenvalue weighted by Gasteiger charge is -2.35. The van der Waals surface area contributed by atoms with Crippen LogP contribution in [0.4, 0.5) is 0 Å². The van der Waals surface area contributed by atoms with E-state index in [1.807, 2.05) is 0 Å². The SMILES string of the molecule is CCCNC1CCC(C)CC1Cc1ccccc1. The van der Waals surface area contributed by atoms with Crippen molar-refractivity contribution in [1.82, 2.24) is 5.32 Å². The van der Waals surface area contributed by atoms with Gasteiger partial charge in [0.25, 0.3) is 0 Å². The van der Waals surface area contributed by atoms with Crippen LogP contribution in [0.3, 0.4) is 0 Å². The second kappa shape index (κ2) is 6.94. The topological polar surface area (TPSA) is 12.0 Å². The number of benzene rings is 1. The van der Waals surface area contributed by atoms with E-state index in [4.69, 9.17) is 0 Å². The van der Waals surface area contributed by atoms with E-state index in [1.165, 1.54) is 44.2 Å². The van der Waals surface area contributed by atoms with Gasteiger partial charge in [0.15, 0.2) is 0 Å². The van der Waals surface area contributed by atoms with Gasteiger partial charge in [-0.2, -0.15) is 0 Å². The summed E-state index contributed by atoms with van der Waals surface area (Å²) in [6, 6.07) is 11.7. The summed E-state index contributed by atoms with van der Waals surface area (Å²) < 4.78 is 0. The predicted molar refractivity (Wildman–Crippen MR) is 78.7 cm³/mol. The minimum Gasteiger partial charge on any atom is -0.314 e. The quantitative estimate of drug-likeness (QED) is 0.825. The van der Waals surface area contributed by atoms with Crippen LogP contribution >= 0.6 is 0 Å². The third kappa shape index (κ3) is 3.84. The van der Waals surface area contributed by atoms with Crippen molar-refractivity contribution < 1.29 is 0 Å². The number of hydrogen-bond donors (Lipinski definition) is 1. The van der Waals surface area contributed by atoms with Crippen molar-refractivity contribution >= 4 is 0 Å². The molecule has 0 aliphatic heterocycles. The lowest BCUT2D eigenvalue weighted by Crippen LogP contribution is -2.41. The molecule has 1 fully saturated rings. The van der Waals surface area contributed by atoms with Crippen LogP contribution < -0.4 is 5.32 Å². The highest BCUT2D eigenvalue weighted by atomic mass is 14.9. The van der Waals surface area contributed by atoms with Crippen LogP contribution in [0.25, 0.3) is 0 Å². The Kier molecular flexibility index (Phi) is 5.25. The monoisotopic (exact) mass is 245 g/mol. The van der Waals surface area contributed by atoms with Gasteiger partial charge in [0.2, 0.25) is 0 Å². The van der Waals surface area contributed by atoms with Crippen LogP contribution in [0.2, 0.25) is 0 Å². The van der Waals surface area contributed by atoms with Crippen molar-refractivity contribution in [3.8, 4) is 0 Å². The van der Waals surface area contributed by atoms with Crippen molar-refractivity contribution in [2.75, 3.05) is 6.54 Å². The van der Waals surface area contributed by atoms with E-state index in [0.717, 1.165) is 17.9 Å².